The predicted molar refractivity (Wildman–Crippen MR) is 121 cm³/mol. The van der Waals surface area contributed by atoms with Crippen LogP contribution in [0.15, 0.2) is 54.6 Å². The predicted octanol–water partition coefficient (Wildman–Crippen LogP) is 2.89. The lowest BCUT2D eigenvalue weighted by molar-refractivity contribution is -0.147. The molecule has 1 amide bonds. The third-order valence-corrected chi connectivity index (χ3v) is 6.34. The van der Waals surface area contributed by atoms with Gasteiger partial charge in [-0.15, -0.1) is 0 Å². The van der Waals surface area contributed by atoms with Gasteiger partial charge in [-0.2, -0.15) is 12.6 Å². The molecule has 0 aromatic heterocycles. The third kappa shape index (κ3) is 5.17. The average Bonchev–Trinajstić information content (AvgIpc) is 3.30. The number of aliphatic carboxylic acids is 1. The van der Waals surface area contributed by atoms with Crippen LogP contribution in [-0.4, -0.2) is 45.8 Å². The number of amides is 1. The van der Waals surface area contributed by atoms with Crippen LogP contribution < -0.4 is 5.32 Å². The summed E-state index contributed by atoms with van der Waals surface area (Å²) >= 11 is 4.10. The molecule has 1 aliphatic rings. The maximum Gasteiger partial charge on any atom is 0.326 e. The van der Waals surface area contributed by atoms with Crippen LogP contribution >= 0.6 is 12.6 Å². The second kappa shape index (κ2) is 10.1. The molecule has 2 atom stereocenters. The van der Waals surface area contributed by atoms with Crippen LogP contribution in [0.4, 0.5) is 0 Å². The first-order valence-corrected chi connectivity index (χ1v) is 10.9. The summed E-state index contributed by atoms with van der Waals surface area (Å²) in [7, 11) is 0. The number of ketones is 1. The number of hydrogen-bond donors (Lipinski definition) is 4. The molecule has 0 heterocycles. The smallest absolute Gasteiger partial charge is 0.326 e. The molecule has 0 radical (unpaired) electrons. The van der Waals surface area contributed by atoms with E-state index in [0.29, 0.717) is 25.7 Å². The highest BCUT2D eigenvalue weighted by Gasteiger charge is 2.49. The summed E-state index contributed by atoms with van der Waals surface area (Å²) in [6.07, 6.45) is 2.18. The van der Waals surface area contributed by atoms with Crippen LogP contribution in [-0.2, 0) is 20.8 Å². The zero-order chi connectivity index (χ0) is 22.4. The van der Waals surface area contributed by atoms with E-state index in [2.05, 4.69) is 17.9 Å². The van der Waals surface area contributed by atoms with E-state index in [1.165, 1.54) is 0 Å². The number of aliphatic hydroxyl groups excluding tert-OH is 1. The average molecular weight is 442 g/mol. The standard InChI is InChI=1S/C24H27NO5S/c26-15-20(31)21(27)24(12-4-5-13-24)23(30)25-19(22(28)29)14-16-8-10-18(11-9-16)17-6-2-1-3-7-17/h1-3,6-11,19-20,26,31H,4-5,12-15H2,(H,25,30)(H,28,29)/t19-,20-/m0/s1. The molecule has 0 spiro atoms. The second-order valence-electron chi connectivity index (χ2n) is 7.98. The minimum atomic E-state index is -1.32. The number of carbonyl (C=O) groups is 3. The highest BCUT2D eigenvalue weighted by atomic mass is 32.1. The molecule has 0 aliphatic heterocycles. The summed E-state index contributed by atoms with van der Waals surface area (Å²) in [5, 5.41) is 20.6. The van der Waals surface area contributed by atoms with E-state index in [-0.39, 0.29) is 6.42 Å². The zero-order valence-corrected chi connectivity index (χ0v) is 18.1. The van der Waals surface area contributed by atoms with Gasteiger partial charge in [-0.1, -0.05) is 67.4 Å². The van der Waals surface area contributed by atoms with Gasteiger partial charge in [-0.3, -0.25) is 9.59 Å². The highest BCUT2D eigenvalue weighted by molar-refractivity contribution is 7.81. The number of carboxylic acids is 1. The molecule has 7 heteroatoms. The maximum atomic E-state index is 13.1. The number of carboxylic acid groups (broad SMARTS) is 1. The van der Waals surface area contributed by atoms with E-state index in [9.17, 15) is 24.6 Å². The Hall–Kier alpha value is -2.64. The Bertz CT molecular complexity index is 923. The molecular weight excluding hydrogens is 414 g/mol. The van der Waals surface area contributed by atoms with E-state index in [4.69, 9.17) is 0 Å². The van der Waals surface area contributed by atoms with Crippen molar-refractivity contribution in [2.24, 2.45) is 5.41 Å². The molecule has 2 aromatic carbocycles. The molecule has 3 N–H and O–H groups in total. The lowest BCUT2D eigenvalue weighted by atomic mass is 9.79. The Balaban J connectivity index is 1.74. The molecule has 2 aromatic rings. The quantitative estimate of drug-likeness (QED) is 0.354. The number of aliphatic hydroxyl groups is 1. The first-order valence-electron chi connectivity index (χ1n) is 10.4. The van der Waals surface area contributed by atoms with Crippen molar-refractivity contribution in [2.75, 3.05) is 6.61 Å². The Labute approximate surface area is 187 Å². The Morgan fingerprint density at radius 1 is 0.968 bits per heavy atom. The lowest BCUT2D eigenvalue weighted by Gasteiger charge is -2.29. The number of hydrogen-bond acceptors (Lipinski definition) is 5. The van der Waals surface area contributed by atoms with Crippen LogP contribution in [0.1, 0.15) is 31.2 Å². The molecule has 31 heavy (non-hydrogen) atoms. The van der Waals surface area contributed by atoms with Crippen LogP contribution in [0.5, 0.6) is 0 Å². The topological polar surface area (TPSA) is 104 Å². The zero-order valence-electron chi connectivity index (χ0n) is 17.2. The lowest BCUT2D eigenvalue weighted by Crippen LogP contribution is -2.53. The van der Waals surface area contributed by atoms with E-state index in [1.54, 1.807) is 0 Å². The Morgan fingerprint density at radius 3 is 2.10 bits per heavy atom. The number of Topliss-reactive ketones (excluding diaryl/α,β-unsaturated/α-hetero) is 1. The first-order chi connectivity index (χ1) is 14.9. The first kappa shape index (κ1) is 23.0. The fourth-order valence-corrected chi connectivity index (χ4v) is 4.41. The summed E-state index contributed by atoms with van der Waals surface area (Å²) in [4.78, 5) is 37.7. The van der Waals surface area contributed by atoms with E-state index >= 15 is 0 Å². The van der Waals surface area contributed by atoms with E-state index < -0.39 is 41.0 Å². The molecular formula is C24H27NO5S. The number of thiol groups is 1. The summed E-state index contributed by atoms with van der Waals surface area (Å²) in [6.45, 7) is -0.465. The number of rotatable bonds is 9. The number of nitrogens with one attached hydrogen (secondary N) is 1. The van der Waals surface area contributed by atoms with E-state index in [1.807, 2.05) is 54.6 Å². The third-order valence-electron chi connectivity index (χ3n) is 5.94. The van der Waals surface area contributed by atoms with Crippen LogP contribution in [0.25, 0.3) is 11.1 Å². The van der Waals surface area contributed by atoms with Crippen LogP contribution in [0.3, 0.4) is 0 Å². The summed E-state index contributed by atoms with van der Waals surface area (Å²) in [6, 6.07) is 16.2. The molecule has 164 valence electrons. The molecule has 3 rings (SSSR count). The Morgan fingerprint density at radius 2 is 1.55 bits per heavy atom. The van der Waals surface area contributed by atoms with Crippen molar-refractivity contribution in [1.82, 2.24) is 5.32 Å². The van der Waals surface area contributed by atoms with Gasteiger partial charge in [0.15, 0.2) is 5.78 Å². The summed E-state index contributed by atoms with van der Waals surface area (Å²) < 4.78 is 0. The molecule has 1 saturated carbocycles. The van der Waals surface area contributed by atoms with Crippen LogP contribution in [0, 0.1) is 5.41 Å². The van der Waals surface area contributed by atoms with E-state index in [0.717, 1.165) is 16.7 Å². The van der Waals surface area contributed by atoms with Crippen molar-refractivity contribution in [3.8, 4) is 11.1 Å². The minimum absolute atomic E-state index is 0.102. The molecule has 0 unspecified atom stereocenters. The van der Waals surface area contributed by atoms with Gasteiger partial charge in [0.2, 0.25) is 5.91 Å². The van der Waals surface area contributed by atoms with Crippen molar-refractivity contribution < 1.29 is 24.6 Å². The van der Waals surface area contributed by atoms with Crippen molar-refractivity contribution in [3.05, 3.63) is 60.2 Å². The van der Waals surface area contributed by atoms with Crippen molar-refractivity contribution in [1.29, 1.82) is 0 Å². The van der Waals surface area contributed by atoms with Gasteiger partial charge in [0.05, 0.1) is 11.9 Å². The normalized spacial score (nSPS) is 17.0. The van der Waals surface area contributed by atoms with Gasteiger partial charge in [0.1, 0.15) is 11.5 Å². The summed E-state index contributed by atoms with van der Waals surface area (Å²) in [5.41, 5.74) is 1.52. The molecule has 1 fully saturated rings. The van der Waals surface area contributed by atoms with Gasteiger partial charge >= 0.3 is 5.97 Å². The Kier molecular flexibility index (Phi) is 7.51. The van der Waals surface area contributed by atoms with Crippen LogP contribution in [0.2, 0.25) is 0 Å². The summed E-state index contributed by atoms with van der Waals surface area (Å²) in [5.74, 6) is -2.19. The SMILES string of the molecule is O=C(O)[C@H](Cc1ccc(-c2ccccc2)cc1)NC(=O)C1(C(=O)[C@@H](S)CO)CCCC1. The van der Waals surface area contributed by atoms with Crippen molar-refractivity contribution >= 4 is 30.3 Å². The molecule has 6 nitrogen and oxygen atoms in total. The molecule has 1 aliphatic carbocycles. The van der Waals surface area contributed by atoms with Gasteiger partial charge in [-0.25, -0.2) is 4.79 Å². The monoisotopic (exact) mass is 441 g/mol. The minimum Gasteiger partial charge on any atom is -0.480 e. The number of benzene rings is 2. The van der Waals surface area contributed by atoms with Gasteiger partial charge in [0, 0.05) is 6.42 Å². The largest absolute Gasteiger partial charge is 0.480 e. The van der Waals surface area contributed by atoms with Crippen molar-refractivity contribution in [2.45, 2.75) is 43.4 Å². The highest BCUT2D eigenvalue weighted by Crippen LogP contribution is 2.41. The van der Waals surface area contributed by atoms with Crippen molar-refractivity contribution in [3.63, 3.8) is 0 Å². The number of carbonyl (C=O) groups excluding carboxylic acids is 2. The second-order valence-corrected chi connectivity index (χ2v) is 8.61. The van der Waals surface area contributed by atoms with Gasteiger partial charge in [0.25, 0.3) is 0 Å². The maximum absolute atomic E-state index is 13.1. The van der Waals surface area contributed by atoms with Gasteiger partial charge < -0.3 is 15.5 Å². The fraction of sp³-hybridized carbons (Fsp3) is 0.375. The molecule has 0 saturated heterocycles. The molecule has 0 bridgehead atoms. The fourth-order valence-electron chi connectivity index (χ4n) is 4.16. The van der Waals surface area contributed by atoms with Gasteiger partial charge in [-0.05, 0) is 29.5 Å².